The Balaban J connectivity index is 1.24. The van der Waals surface area contributed by atoms with Gasteiger partial charge in [-0.15, -0.1) is 12.3 Å². The third-order valence-electron chi connectivity index (χ3n) is 6.22. The largest absolute Gasteiger partial charge is 0.439 e. The van der Waals surface area contributed by atoms with Crippen LogP contribution in [0.5, 0.6) is 0 Å². The quantitative estimate of drug-likeness (QED) is 0.424. The van der Waals surface area contributed by atoms with Crippen molar-refractivity contribution in [1.29, 1.82) is 0 Å². The van der Waals surface area contributed by atoms with Gasteiger partial charge in [0.05, 0.1) is 19.3 Å². The van der Waals surface area contributed by atoms with Gasteiger partial charge in [0.1, 0.15) is 17.7 Å². The van der Waals surface area contributed by atoms with Crippen LogP contribution in [-0.2, 0) is 13.1 Å². The van der Waals surface area contributed by atoms with E-state index in [9.17, 15) is 0 Å². The Morgan fingerprint density at radius 3 is 2.76 bits per heavy atom. The number of anilines is 1. The van der Waals surface area contributed by atoms with Gasteiger partial charge in [0.2, 0.25) is 5.89 Å². The molecular weight excluding hydrogens is 414 g/mol. The molecule has 1 aromatic carbocycles. The fraction of sp³-hybridized carbons (Fsp3) is 0.360. The molecule has 1 fully saturated rings. The SMILES string of the molecule is C#CCCn1cc(-c2ccc3nc(CN4CCN(c5ncnc(C)c5C)CC4)oc3c2)cn1. The molecule has 3 aromatic heterocycles. The molecule has 168 valence electrons. The van der Waals surface area contributed by atoms with E-state index >= 15 is 0 Å². The molecule has 0 aliphatic carbocycles. The van der Waals surface area contributed by atoms with Crippen molar-refractivity contribution in [3.63, 3.8) is 0 Å². The average molecular weight is 442 g/mol. The summed E-state index contributed by atoms with van der Waals surface area (Å²) in [5.41, 5.74) is 5.96. The van der Waals surface area contributed by atoms with Crippen molar-refractivity contribution in [2.45, 2.75) is 33.4 Å². The fourth-order valence-corrected chi connectivity index (χ4v) is 4.19. The molecule has 1 saturated heterocycles. The van der Waals surface area contributed by atoms with E-state index in [-0.39, 0.29) is 0 Å². The molecule has 0 radical (unpaired) electrons. The zero-order chi connectivity index (χ0) is 22.8. The van der Waals surface area contributed by atoms with Gasteiger partial charge < -0.3 is 9.32 Å². The average Bonchev–Trinajstić information content (AvgIpc) is 3.46. The lowest BCUT2D eigenvalue weighted by molar-refractivity contribution is 0.228. The second-order valence-electron chi connectivity index (χ2n) is 8.41. The van der Waals surface area contributed by atoms with Crippen molar-refractivity contribution >= 4 is 16.9 Å². The van der Waals surface area contributed by atoms with E-state index in [1.165, 1.54) is 0 Å². The third kappa shape index (κ3) is 4.45. The van der Waals surface area contributed by atoms with Gasteiger partial charge in [-0.3, -0.25) is 9.58 Å². The topological polar surface area (TPSA) is 76.1 Å². The standard InChI is InChI=1S/C25H27N7O/c1-4-5-8-32-15-21(14-28-32)20-6-7-22-23(13-20)33-24(29-22)16-30-9-11-31(12-10-30)25-18(2)19(3)26-17-27-25/h1,6-7,13-15,17H,5,8-12,16H2,2-3H3. The molecule has 0 amide bonds. The van der Waals surface area contributed by atoms with Crippen LogP contribution in [0, 0.1) is 26.2 Å². The first-order chi connectivity index (χ1) is 16.1. The predicted molar refractivity (Wildman–Crippen MR) is 128 cm³/mol. The maximum Gasteiger partial charge on any atom is 0.209 e. The third-order valence-corrected chi connectivity index (χ3v) is 6.22. The number of rotatable bonds is 6. The predicted octanol–water partition coefficient (Wildman–Crippen LogP) is 3.44. The highest BCUT2D eigenvalue weighted by atomic mass is 16.3. The number of terminal acetylenes is 1. The van der Waals surface area contributed by atoms with Gasteiger partial charge in [0.25, 0.3) is 0 Å². The lowest BCUT2D eigenvalue weighted by Gasteiger charge is -2.35. The first-order valence-corrected chi connectivity index (χ1v) is 11.2. The Labute approximate surface area is 193 Å². The van der Waals surface area contributed by atoms with Crippen LogP contribution in [0.2, 0.25) is 0 Å². The Morgan fingerprint density at radius 2 is 1.94 bits per heavy atom. The fourth-order valence-electron chi connectivity index (χ4n) is 4.19. The van der Waals surface area contributed by atoms with Crippen molar-refractivity contribution in [2.75, 3.05) is 31.1 Å². The van der Waals surface area contributed by atoms with Gasteiger partial charge >= 0.3 is 0 Å². The van der Waals surface area contributed by atoms with E-state index in [4.69, 9.17) is 15.8 Å². The molecular formula is C25H27N7O. The summed E-state index contributed by atoms with van der Waals surface area (Å²) in [7, 11) is 0. The van der Waals surface area contributed by atoms with E-state index in [0.29, 0.717) is 13.0 Å². The van der Waals surface area contributed by atoms with Gasteiger partial charge in [-0.25, -0.2) is 15.0 Å². The van der Waals surface area contributed by atoms with Crippen LogP contribution < -0.4 is 4.90 Å². The lowest BCUT2D eigenvalue weighted by Crippen LogP contribution is -2.46. The number of fused-ring (bicyclic) bond motifs is 1. The summed E-state index contributed by atoms with van der Waals surface area (Å²) in [5, 5.41) is 4.39. The smallest absolute Gasteiger partial charge is 0.209 e. The molecule has 8 nitrogen and oxygen atoms in total. The first-order valence-electron chi connectivity index (χ1n) is 11.2. The number of aryl methyl sites for hydroxylation is 2. The second-order valence-corrected chi connectivity index (χ2v) is 8.41. The number of oxazole rings is 1. The highest BCUT2D eigenvalue weighted by Gasteiger charge is 2.21. The second kappa shape index (κ2) is 9.04. The molecule has 4 heterocycles. The molecule has 1 aliphatic rings. The van der Waals surface area contributed by atoms with Gasteiger partial charge in [-0.1, -0.05) is 6.07 Å². The minimum Gasteiger partial charge on any atom is -0.439 e. The summed E-state index contributed by atoms with van der Waals surface area (Å²) in [4.78, 5) is 18.2. The molecule has 0 saturated carbocycles. The molecule has 0 bridgehead atoms. The van der Waals surface area contributed by atoms with Crippen LogP contribution in [0.3, 0.4) is 0 Å². The van der Waals surface area contributed by atoms with Gasteiger partial charge in [-0.05, 0) is 31.5 Å². The van der Waals surface area contributed by atoms with Crippen molar-refractivity contribution in [3.05, 3.63) is 54.1 Å². The minimum atomic E-state index is 0.665. The lowest BCUT2D eigenvalue weighted by atomic mass is 10.1. The molecule has 33 heavy (non-hydrogen) atoms. The first kappa shape index (κ1) is 21.2. The number of piperazine rings is 1. The monoisotopic (exact) mass is 441 g/mol. The Kier molecular flexibility index (Phi) is 5.80. The molecule has 0 unspecified atom stereocenters. The summed E-state index contributed by atoms with van der Waals surface area (Å²) >= 11 is 0. The van der Waals surface area contributed by atoms with Crippen LogP contribution in [0.1, 0.15) is 23.6 Å². The molecule has 0 spiro atoms. The van der Waals surface area contributed by atoms with Crippen molar-refractivity contribution in [2.24, 2.45) is 0 Å². The zero-order valence-corrected chi connectivity index (χ0v) is 19.0. The van der Waals surface area contributed by atoms with Crippen LogP contribution in [0.4, 0.5) is 5.82 Å². The summed E-state index contributed by atoms with van der Waals surface area (Å²) in [6.45, 7) is 9.24. The highest BCUT2D eigenvalue weighted by molar-refractivity contribution is 5.79. The molecule has 0 N–H and O–H groups in total. The number of hydrogen-bond acceptors (Lipinski definition) is 7. The maximum atomic E-state index is 6.11. The summed E-state index contributed by atoms with van der Waals surface area (Å²) in [6.07, 6.45) is 11.5. The van der Waals surface area contributed by atoms with Crippen LogP contribution >= 0.6 is 0 Å². The normalized spacial score (nSPS) is 14.6. The van der Waals surface area contributed by atoms with Crippen molar-refractivity contribution in [1.82, 2.24) is 29.6 Å². The number of nitrogens with zero attached hydrogens (tertiary/aromatic N) is 7. The highest BCUT2D eigenvalue weighted by Crippen LogP contribution is 2.26. The van der Waals surface area contributed by atoms with E-state index in [0.717, 1.165) is 77.9 Å². The Hall–Kier alpha value is -3.70. The molecule has 4 aromatic rings. The van der Waals surface area contributed by atoms with E-state index in [1.54, 1.807) is 6.33 Å². The van der Waals surface area contributed by atoms with Crippen LogP contribution in [0.25, 0.3) is 22.2 Å². The summed E-state index contributed by atoms with van der Waals surface area (Å²) < 4.78 is 7.98. The van der Waals surface area contributed by atoms with Gasteiger partial charge in [0.15, 0.2) is 5.58 Å². The Morgan fingerprint density at radius 1 is 1.09 bits per heavy atom. The molecule has 8 heteroatoms. The number of hydrogen-bond donors (Lipinski definition) is 0. The van der Waals surface area contributed by atoms with E-state index < -0.39 is 0 Å². The van der Waals surface area contributed by atoms with E-state index in [1.807, 2.05) is 36.1 Å². The molecule has 0 atom stereocenters. The number of aromatic nitrogens is 5. The summed E-state index contributed by atoms with van der Waals surface area (Å²) in [6, 6.07) is 6.10. The summed E-state index contributed by atoms with van der Waals surface area (Å²) in [5.74, 6) is 4.43. The maximum absolute atomic E-state index is 6.11. The van der Waals surface area contributed by atoms with E-state index in [2.05, 4.69) is 43.8 Å². The van der Waals surface area contributed by atoms with Crippen molar-refractivity contribution < 1.29 is 4.42 Å². The minimum absolute atomic E-state index is 0.665. The number of benzene rings is 1. The van der Waals surface area contributed by atoms with Crippen molar-refractivity contribution in [3.8, 4) is 23.5 Å². The van der Waals surface area contributed by atoms with Gasteiger partial charge in [-0.2, -0.15) is 5.10 Å². The Bertz CT molecular complexity index is 1310. The molecule has 1 aliphatic heterocycles. The van der Waals surface area contributed by atoms with Gasteiger partial charge in [0, 0.05) is 55.6 Å². The molecule has 5 rings (SSSR count). The van der Waals surface area contributed by atoms with Crippen LogP contribution in [-0.4, -0.2) is 55.8 Å². The van der Waals surface area contributed by atoms with Crippen LogP contribution in [0.15, 0.2) is 41.3 Å². The zero-order valence-electron chi connectivity index (χ0n) is 19.0.